The number of amides is 1. The Hall–Kier alpha value is -3.22. The first kappa shape index (κ1) is 24.1. The van der Waals surface area contributed by atoms with Gasteiger partial charge in [-0.15, -0.1) is 0 Å². The average molecular weight is 426 g/mol. The zero-order valence-corrected chi connectivity index (χ0v) is 18.3. The van der Waals surface area contributed by atoms with Crippen LogP contribution in [0.3, 0.4) is 0 Å². The summed E-state index contributed by atoms with van der Waals surface area (Å²) < 4.78 is 5.79. The van der Waals surface area contributed by atoms with Gasteiger partial charge in [0.15, 0.2) is 0 Å². The summed E-state index contributed by atoms with van der Waals surface area (Å²) in [5, 5.41) is 14.8. The number of nitro benzene ring substituents is 1. The first-order valence-electron chi connectivity index (χ1n) is 10.8. The molecule has 1 amide bonds. The van der Waals surface area contributed by atoms with Crippen molar-refractivity contribution in [1.82, 2.24) is 5.43 Å². The van der Waals surface area contributed by atoms with E-state index in [-0.39, 0.29) is 5.69 Å². The molecule has 7 heteroatoms. The Labute approximate surface area is 183 Å². The number of rotatable bonds is 13. The van der Waals surface area contributed by atoms with Crippen LogP contribution in [-0.4, -0.2) is 23.1 Å². The van der Waals surface area contributed by atoms with Crippen molar-refractivity contribution >= 4 is 17.3 Å². The highest BCUT2D eigenvalue weighted by atomic mass is 16.6. The predicted molar refractivity (Wildman–Crippen MR) is 123 cm³/mol. The molecule has 1 N–H and O–H groups in total. The third kappa shape index (κ3) is 8.58. The van der Waals surface area contributed by atoms with Crippen LogP contribution in [0.4, 0.5) is 5.69 Å². The van der Waals surface area contributed by atoms with Gasteiger partial charge in [0.1, 0.15) is 5.75 Å². The number of nitrogens with zero attached hydrogens (tertiary/aromatic N) is 2. The quantitative estimate of drug-likeness (QED) is 0.188. The van der Waals surface area contributed by atoms with E-state index in [0.29, 0.717) is 17.9 Å². The van der Waals surface area contributed by atoms with Crippen molar-refractivity contribution in [2.45, 2.75) is 58.8 Å². The molecule has 2 aromatic carbocycles. The lowest BCUT2D eigenvalue weighted by Gasteiger charge is -2.08. The number of hydrogen-bond acceptors (Lipinski definition) is 5. The maximum atomic E-state index is 12.2. The minimum atomic E-state index is -0.508. The zero-order valence-electron chi connectivity index (χ0n) is 18.3. The fourth-order valence-electron chi connectivity index (χ4n) is 3.04. The van der Waals surface area contributed by atoms with Gasteiger partial charge in [0, 0.05) is 17.7 Å². The van der Waals surface area contributed by atoms with Crippen molar-refractivity contribution in [1.29, 1.82) is 0 Å². The van der Waals surface area contributed by atoms with Gasteiger partial charge in [-0.25, -0.2) is 5.43 Å². The Bertz CT molecular complexity index is 861. The van der Waals surface area contributed by atoms with Crippen molar-refractivity contribution in [3.63, 3.8) is 0 Å². The second-order valence-corrected chi connectivity index (χ2v) is 7.44. The third-order valence-corrected chi connectivity index (χ3v) is 4.95. The molecule has 2 rings (SSSR count). The number of carbonyl (C=O) groups is 1. The largest absolute Gasteiger partial charge is 0.494 e. The Morgan fingerprint density at radius 1 is 0.935 bits per heavy atom. The second-order valence-electron chi connectivity index (χ2n) is 7.44. The van der Waals surface area contributed by atoms with Gasteiger partial charge in [-0.3, -0.25) is 14.9 Å². The standard InChI is InChI=1S/C24H31N3O4/c1-3-4-5-6-7-8-9-18-31-23-16-12-20(13-17-23)19(2)25-26-24(28)21-10-14-22(15-11-21)27(29)30/h10-17H,3-9,18H2,1-2H3,(H,26,28)/b25-19+. The van der Waals surface area contributed by atoms with Crippen LogP contribution in [0.25, 0.3) is 0 Å². The van der Waals surface area contributed by atoms with Crippen LogP contribution in [0.5, 0.6) is 5.75 Å². The normalized spacial score (nSPS) is 11.2. The molecule has 0 atom stereocenters. The molecule has 7 nitrogen and oxygen atoms in total. The van der Waals surface area contributed by atoms with Crippen LogP contribution in [0.15, 0.2) is 53.6 Å². The lowest BCUT2D eigenvalue weighted by atomic mass is 10.1. The van der Waals surface area contributed by atoms with Crippen LogP contribution in [0.1, 0.15) is 74.7 Å². The summed E-state index contributed by atoms with van der Waals surface area (Å²) in [6.07, 6.45) is 8.76. The Kier molecular flexibility index (Phi) is 10.2. The van der Waals surface area contributed by atoms with Gasteiger partial charge >= 0.3 is 0 Å². The molecule has 0 fully saturated rings. The highest BCUT2D eigenvalue weighted by Crippen LogP contribution is 2.15. The highest BCUT2D eigenvalue weighted by Gasteiger charge is 2.09. The van der Waals surface area contributed by atoms with Crippen molar-refractivity contribution in [2.24, 2.45) is 5.10 Å². The summed E-state index contributed by atoms with van der Waals surface area (Å²) in [4.78, 5) is 22.3. The molecule has 0 bridgehead atoms. The molecule has 0 aromatic heterocycles. The van der Waals surface area contributed by atoms with E-state index >= 15 is 0 Å². The summed E-state index contributed by atoms with van der Waals surface area (Å²) in [5.41, 5.74) is 4.23. The first-order valence-corrected chi connectivity index (χ1v) is 10.8. The van der Waals surface area contributed by atoms with Crippen LogP contribution in [0, 0.1) is 10.1 Å². The van der Waals surface area contributed by atoms with Gasteiger partial charge in [-0.05, 0) is 55.3 Å². The van der Waals surface area contributed by atoms with Crippen LogP contribution >= 0.6 is 0 Å². The Morgan fingerprint density at radius 2 is 1.52 bits per heavy atom. The van der Waals surface area contributed by atoms with E-state index in [9.17, 15) is 14.9 Å². The SMILES string of the molecule is CCCCCCCCCOc1ccc(/C(C)=N/NC(=O)c2ccc([N+](=O)[O-])cc2)cc1. The smallest absolute Gasteiger partial charge is 0.271 e. The molecule has 0 aliphatic carbocycles. The fourth-order valence-corrected chi connectivity index (χ4v) is 3.04. The van der Waals surface area contributed by atoms with E-state index in [4.69, 9.17) is 4.74 Å². The molecule has 0 unspecified atom stereocenters. The molecule has 0 spiro atoms. The van der Waals surface area contributed by atoms with Gasteiger partial charge in [0.25, 0.3) is 11.6 Å². The zero-order chi connectivity index (χ0) is 22.5. The molecule has 0 aliphatic heterocycles. The van der Waals surface area contributed by atoms with Gasteiger partial charge in [0.05, 0.1) is 17.2 Å². The number of hydrogen-bond donors (Lipinski definition) is 1. The van der Waals surface area contributed by atoms with Crippen LogP contribution < -0.4 is 10.2 Å². The van der Waals surface area contributed by atoms with E-state index in [2.05, 4.69) is 17.5 Å². The van der Waals surface area contributed by atoms with E-state index in [1.807, 2.05) is 24.3 Å². The summed E-state index contributed by atoms with van der Waals surface area (Å²) in [6, 6.07) is 13.0. The minimum Gasteiger partial charge on any atom is -0.494 e. The summed E-state index contributed by atoms with van der Waals surface area (Å²) in [6.45, 7) is 4.74. The summed E-state index contributed by atoms with van der Waals surface area (Å²) in [7, 11) is 0. The molecule has 166 valence electrons. The van der Waals surface area contributed by atoms with Crippen molar-refractivity contribution < 1.29 is 14.5 Å². The van der Waals surface area contributed by atoms with E-state index in [1.165, 1.54) is 62.8 Å². The van der Waals surface area contributed by atoms with Crippen molar-refractivity contribution in [2.75, 3.05) is 6.61 Å². The monoisotopic (exact) mass is 425 g/mol. The van der Waals surface area contributed by atoms with E-state index < -0.39 is 10.8 Å². The van der Waals surface area contributed by atoms with Gasteiger partial charge < -0.3 is 4.74 Å². The van der Waals surface area contributed by atoms with Crippen LogP contribution in [0.2, 0.25) is 0 Å². The molecular formula is C24H31N3O4. The van der Waals surface area contributed by atoms with Crippen molar-refractivity contribution in [3.8, 4) is 5.75 Å². The minimum absolute atomic E-state index is 0.0643. The third-order valence-electron chi connectivity index (χ3n) is 4.95. The molecule has 0 saturated heterocycles. The molecule has 2 aromatic rings. The molecule has 0 aliphatic rings. The number of nitro groups is 1. The molecule has 0 radical (unpaired) electrons. The van der Waals surface area contributed by atoms with Crippen LogP contribution in [-0.2, 0) is 0 Å². The highest BCUT2D eigenvalue weighted by molar-refractivity contribution is 6.00. The van der Waals surface area contributed by atoms with Gasteiger partial charge in [-0.2, -0.15) is 5.10 Å². The number of unbranched alkanes of at least 4 members (excludes halogenated alkanes) is 6. The molecule has 31 heavy (non-hydrogen) atoms. The van der Waals surface area contributed by atoms with E-state index in [0.717, 1.165) is 17.7 Å². The van der Waals surface area contributed by atoms with E-state index in [1.54, 1.807) is 6.92 Å². The van der Waals surface area contributed by atoms with Gasteiger partial charge in [-0.1, -0.05) is 45.4 Å². The average Bonchev–Trinajstić information content (AvgIpc) is 2.79. The summed E-state index contributed by atoms with van der Waals surface area (Å²) in [5.74, 6) is 0.390. The van der Waals surface area contributed by atoms with Crippen molar-refractivity contribution in [3.05, 3.63) is 69.8 Å². The lowest BCUT2D eigenvalue weighted by molar-refractivity contribution is -0.384. The number of nitrogens with one attached hydrogen (secondary N) is 1. The maximum absolute atomic E-state index is 12.2. The molecule has 0 saturated carbocycles. The first-order chi connectivity index (χ1) is 15.0. The van der Waals surface area contributed by atoms with Gasteiger partial charge in [0.2, 0.25) is 0 Å². The number of ether oxygens (including phenoxy) is 1. The maximum Gasteiger partial charge on any atom is 0.271 e. The Balaban J connectivity index is 1.76. The number of benzene rings is 2. The number of carbonyl (C=O) groups excluding carboxylic acids is 1. The topological polar surface area (TPSA) is 93.8 Å². The predicted octanol–water partition coefficient (Wildman–Crippen LogP) is 5.88. The molecular weight excluding hydrogens is 394 g/mol. The fraction of sp³-hybridized carbons (Fsp3) is 0.417. The number of non-ortho nitro benzene ring substituents is 1. The lowest BCUT2D eigenvalue weighted by Crippen LogP contribution is -2.19. The number of hydrazone groups is 1. The second kappa shape index (κ2) is 13.2. The summed E-state index contributed by atoms with van der Waals surface area (Å²) >= 11 is 0. The Morgan fingerprint density at radius 3 is 2.13 bits per heavy atom. The molecule has 0 heterocycles.